The Morgan fingerprint density at radius 1 is 0.963 bits per heavy atom. The minimum absolute atomic E-state index is 0.0482. The number of aromatic nitrogens is 1. The molecule has 3 rings (SSSR count). The summed E-state index contributed by atoms with van der Waals surface area (Å²) < 4.78 is 0. The summed E-state index contributed by atoms with van der Waals surface area (Å²) in [6, 6.07) is 12.1. The van der Waals surface area contributed by atoms with E-state index < -0.39 is 0 Å². The van der Waals surface area contributed by atoms with Crippen molar-refractivity contribution in [2.45, 2.75) is 39.5 Å². The van der Waals surface area contributed by atoms with Gasteiger partial charge in [0.05, 0.1) is 11.9 Å². The van der Waals surface area contributed by atoms with Crippen LogP contribution >= 0.6 is 0 Å². The number of likely N-dealkylation sites (tertiary alicyclic amines) is 1. The van der Waals surface area contributed by atoms with Crippen LogP contribution in [0.3, 0.4) is 0 Å². The molecule has 1 fully saturated rings. The molecule has 1 aromatic carbocycles. The van der Waals surface area contributed by atoms with Crippen LogP contribution in [0.1, 0.15) is 50.0 Å². The Morgan fingerprint density at radius 2 is 1.59 bits per heavy atom. The first kappa shape index (κ1) is 19.2. The Bertz CT molecular complexity index is 715. The molecule has 1 saturated heterocycles. The average Bonchev–Trinajstić information content (AvgIpc) is 3.00. The maximum absolute atomic E-state index is 12.6. The lowest BCUT2D eigenvalue weighted by Gasteiger charge is -2.21. The number of carbonyl (C=O) groups excluding carboxylic acids is 1. The molecular formula is C22H30N4O. The second-order valence-electron chi connectivity index (χ2n) is 6.98. The summed E-state index contributed by atoms with van der Waals surface area (Å²) in [5, 5.41) is 3.36. The zero-order valence-corrected chi connectivity index (χ0v) is 16.4. The smallest absolute Gasteiger partial charge is 0.272 e. The Hall–Kier alpha value is -2.56. The number of pyridine rings is 1. The highest BCUT2D eigenvalue weighted by atomic mass is 16.2. The van der Waals surface area contributed by atoms with Gasteiger partial charge in [-0.05, 0) is 63.1 Å². The van der Waals surface area contributed by atoms with Gasteiger partial charge in [-0.3, -0.25) is 4.79 Å². The molecule has 1 aliphatic rings. The van der Waals surface area contributed by atoms with Crippen LogP contribution in [-0.4, -0.2) is 42.0 Å². The number of nitrogens with zero attached hydrogens (tertiary/aromatic N) is 3. The molecular weight excluding hydrogens is 336 g/mol. The van der Waals surface area contributed by atoms with Gasteiger partial charge in [0.15, 0.2) is 0 Å². The second kappa shape index (κ2) is 9.40. The zero-order chi connectivity index (χ0) is 19.1. The molecule has 0 atom stereocenters. The molecule has 2 heterocycles. The first-order chi connectivity index (χ1) is 13.2. The fourth-order valence-corrected chi connectivity index (χ4v) is 3.54. The number of hydrogen-bond donors (Lipinski definition) is 1. The minimum atomic E-state index is 0.0482. The van der Waals surface area contributed by atoms with Gasteiger partial charge < -0.3 is 15.1 Å². The van der Waals surface area contributed by atoms with Gasteiger partial charge in [0.2, 0.25) is 0 Å². The van der Waals surface area contributed by atoms with Crippen molar-refractivity contribution in [1.82, 2.24) is 9.88 Å². The first-order valence-electron chi connectivity index (χ1n) is 10.1. The molecule has 2 aromatic rings. The van der Waals surface area contributed by atoms with E-state index in [1.165, 1.54) is 18.5 Å². The molecule has 0 unspecified atom stereocenters. The lowest BCUT2D eigenvalue weighted by Crippen LogP contribution is -2.32. The van der Waals surface area contributed by atoms with Crippen molar-refractivity contribution in [2.75, 3.05) is 36.4 Å². The van der Waals surface area contributed by atoms with Crippen molar-refractivity contribution in [3.63, 3.8) is 0 Å². The van der Waals surface area contributed by atoms with Gasteiger partial charge in [-0.2, -0.15) is 0 Å². The van der Waals surface area contributed by atoms with Crippen LogP contribution in [-0.2, 0) is 0 Å². The van der Waals surface area contributed by atoms with Gasteiger partial charge in [-0.15, -0.1) is 0 Å². The van der Waals surface area contributed by atoms with Crippen LogP contribution in [0.5, 0.6) is 0 Å². The van der Waals surface area contributed by atoms with Crippen LogP contribution in [0.15, 0.2) is 42.6 Å². The highest BCUT2D eigenvalue weighted by Gasteiger charge is 2.18. The van der Waals surface area contributed by atoms with E-state index in [1.807, 2.05) is 17.0 Å². The Balaban J connectivity index is 1.62. The quantitative estimate of drug-likeness (QED) is 0.806. The van der Waals surface area contributed by atoms with E-state index in [1.54, 1.807) is 6.20 Å². The average molecular weight is 367 g/mol. The molecule has 1 amide bonds. The molecule has 27 heavy (non-hydrogen) atoms. The molecule has 1 N–H and O–H groups in total. The third kappa shape index (κ3) is 5.00. The van der Waals surface area contributed by atoms with Crippen LogP contribution in [0.2, 0.25) is 0 Å². The van der Waals surface area contributed by atoms with Crippen molar-refractivity contribution in [1.29, 1.82) is 0 Å². The topological polar surface area (TPSA) is 48.5 Å². The fourth-order valence-electron chi connectivity index (χ4n) is 3.54. The summed E-state index contributed by atoms with van der Waals surface area (Å²) >= 11 is 0. The lowest BCUT2D eigenvalue weighted by atomic mass is 10.2. The number of hydrogen-bond acceptors (Lipinski definition) is 4. The van der Waals surface area contributed by atoms with Gasteiger partial charge in [-0.25, -0.2) is 4.98 Å². The summed E-state index contributed by atoms with van der Waals surface area (Å²) in [7, 11) is 0. The summed E-state index contributed by atoms with van der Waals surface area (Å²) in [5.41, 5.74) is 3.65. The van der Waals surface area contributed by atoms with Crippen molar-refractivity contribution < 1.29 is 4.79 Å². The highest BCUT2D eigenvalue weighted by molar-refractivity contribution is 5.92. The zero-order valence-electron chi connectivity index (χ0n) is 16.4. The molecule has 1 aromatic heterocycles. The summed E-state index contributed by atoms with van der Waals surface area (Å²) in [6.07, 6.45) is 6.35. The number of rotatable bonds is 6. The van der Waals surface area contributed by atoms with Crippen molar-refractivity contribution in [3.8, 4) is 0 Å². The third-order valence-electron chi connectivity index (χ3n) is 5.16. The van der Waals surface area contributed by atoms with Gasteiger partial charge in [0.1, 0.15) is 5.69 Å². The first-order valence-corrected chi connectivity index (χ1v) is 10.1. The normalized spacial score (nSPS) is 14.5. The minimum Gasteiger partial charge on any atom is -0.372 e. The monoisotopic (exact) mass is 366 g/mol. The number of amides is 1. The molecule has 0 saturated carbocycles. The molecule has 0 radical (unpaired) electrons. The lowest BCUT2D eigenvalue weighted by molar-refractivity contribution is 0.0756. The summed E-state index contributed by atoms with van der Waals surface area (Å²) in [6.45, 7) is 8.02. The van der Waals surface area contributed by atoms with E-state index in [9.17, 15) is 4.79 Å². The molecule has 5 nitrogen and oxygen atoms in total. The van der Waals surface area contributed by atoms with Crippen LogP contribution in [0.25, 0.3) is 0 Å². The van der Waals surface area contributed by atoms with Crippen molar-refractivity contribution >= 4 is 23.0 Å². The number of benzene rings is 1. The van der Waals surface area contributed by atoms with Gasteiger partial charge in [-0.1, -0.05) is 12.8 Å². The molecule has 5 heteroatoms. The standard InChI is InChI=1S/C22H30N4O/c1-3-25(4-2)20-12-9-18(10-13-20)24-19-11-14-21(23-17-19)22(27)26-15-7-5-6-8-16-26/h9-14,17,24H,3-8,15-16H2,1-2H3. The van der Waals surface area contributed by atoms with E-state index in [0.717, 1.165) is 50.4 Å². The van der Waals surface area contributed by atoms with E-state index in [2.05, 4.69) is 53.3 Å². The van der Waals surface area contributed by atoms with E-state index in [0.29, 0.717) is 5.69 Å². The summed E-state index contributed by atoms with van der Waals surface area (Å²) in [4.78, 5) is 21.3. The number of carbonyl (C=O) groups is 1. The van der Waals surface area contributed by atoms with Gasteiger partial charge >= 0.3 is 0 Å². The molecule has 0 aliphatic carbocycles. The van der Waals surface area contributed by atoms with Crippen molar-refractivity contribution in [2.24, 2.45) is 0 Å². The molecule has 144 valence electrons. The van der Waals surface area contributed by atoms with Gasteiger partial charge in [0, 0.05) is 37.6 Å². The SMILES string of the molecule is CCN(CC)c1ccc(Nc2ccc(C(=O)N3CCCCCC3)nc2)cc1. The maximum Gasteiger partial charge on any atom is 0.272 e. The van der Waals surface area contributed by atoms with E-state index in [4.69, 9.17) is 0 Å². The predicted octanol–water partition coefficient (Wildman–Crippen LogP) is 4.69. The Kier molecular flexibility index (Phi) is 6.69. The summed E-state index contributed by atoms with van der Waals surface area (Å²) in [5.74, 6) is 0.0482. The Morgan fingerprint density at radius 3 is 2.15 bits per heavy atom. The fraction of sp³-hybridized carbons (Fsp3) is 0.455. The second-order valence-corrected chi connectivity index (χ2v) is 6.98. The third-order valence-corrected chi connectivity index (χ3v) is 5.16. The van der Waals surface area contributed by atoms with E-state index >= 15 is 0 Å². The number of anilines is 3. The van der Waals surface area contributed by atoms with E-state index in [-0.39, 0.29) is 5.91 Å². The van der Waals surface area contributed by atoms with Crippen LogP contribution in [0.4, 0.5) is 17.1 Å². The van der Waals surface area contributed by atoms with Gasteiger partial charge in [0.25, 0.3) is 5.91 Å². The predicted molar refractivity (Wildman–Crippen MR) is 112 cm³/mol. The molecule has 0 spiro atoms. The number of nitrogens with one attached hydrogen (secondary N) is 1. The Labute approximate surface area is 162 Å². The molecule has 1 aliphatic heterocycles. The van der Waals surface area contributed by atoms with Crippen molar-refractivity contribution in [3.05, 3.63) is 48.3 Å². The van der Waals surface area contributed by atoms with Crippen LogP contribution < -0.4 is 10.2 Å². The largest absolute Gasteiger partial charge is 0.372 e. The highest BCUT2D eigenvalue weighted by Crippen LogP contribution is 2.21. The van der Waals surface area contributed by atoms with Crippen LogP contribution in [0, 0.1) is 0 Å². The maximum atomic E-state index is 12.6. The molecule has 0 bridgehead atoms.